The molecule has 0 radical (unpaired) electrons. The van der Waals surface area contributed by atoms with Crippen LogP contribution in [0.25, 0.3) is 0 Å². The molecule has 0 aromatic carbocycles. The van der Waals surface area contributed by atoms with E-state index in [1.54, 1.807) is 0 Å². The molecule has 0 spiro atoms. The van der Waals surface area contributed by atoms with Crippen LogP contribution in [0.1, 0.15) is 51.3 Å². The second-order valence-electron chi connectivity index (χ2n) is 5.44. The van der Waals surface area contributed by atoms with Crippen LogP contribution < -0.4 is 11.1 Å². The molecule has 0 bridgehead atoms. The first-order chi connectivity index (χ1) is 9.02. The van der Waals surface area contributed by atoms with Crippen LogP contribution in [0.2, 0.25) is 0 Å². The summed E-state index contributed by atoms with van der Waals surface area (Å²) in [6, 6.07) is -0.525. The molecule has 2 rings (SSSR count). The SMILES string of the molecule is CCc1nc2n(n1)CCCC2NC(=O)[C@@H](N)C(C)C. The minimum Gasteiger partial charge on any atom is -0.345 e. The van der Waals surface area contributed by atoms with E-state index in [4.69, 9.17) is 5.73 Å². The Kier molecular flexibility index (Phi) is 4.19. The molecule has 1 aromatic heterocycles. The van der Waals surface area contributed by atoms with E-state index in [0.717, 1.165) is 37.5 Å². The lowest BCUT2D eigenvalue weighted by atomic mass is 10.0. The number of aromatic nitrogens is 3. The quantitative estimate of drug-likeness (QED) is 0.842. The zero-order chi connectivity index (χ0) is 14.0. The molecule has 1 aliphatic rings. The van der Waals surface area contributed by atoms with Gasteiger partial charge in [0.15, 0.2) is 5.82 Å². The second kappa shape index (κ2) is 5.69. The van der Waals surface area contributed by atoms with Crippen LogP contribution >= 0.6 is 0 Å². The van der Waals surface area contributed by atoms with Crippen molar-refractivity contribution in [3.63, 3.8) is 0 Å². The van der Waals surface area contributed by atoms with Crippen molar-refractivity contribution in [2.75, 3.05) is 0 Å². The van der Waals surface area contributed by atoms with Crippen molar-refractivity contribution >= 4 is 5.91 Å². The maximum absolute atomic E-state index is 12.0. The Bertz CT molecular complexity index is 454. The van der Waals surface area contributed by atoms with E-state index in [1.807, 2.05) is 25.5 Å². The number of hydrogen-bond acceptors (Lipinski definition) is 4. The average Bonchev–Trinajstić information content (AvgIpc) is 2.81. The molecule has 19 heavy (non-hydrogen) atoms. The van der Waals surface area contributed by atoms with Crippen LogP contribution in [-0.2, 0) is 17.8 Å². The highest BCUT2D eigenvalue weighted by Crippen LogP contribution is 2.23. The van der Waals surface area contributed by atoms with Gasteiger partial charge in [0.25, 0.3) is 0 Å². The number of nitrogens with two attached hydrogens (primary N) is 1. The number of amides is 1. The molecule has 0 saturated heterocycles. The molecule has 1 amide bonds. The summed E-state index contributed by atoms with van der Waals surface area (Å²) in [7, 11) is 0. The van der Waals surface area contributed by atoms with E-state index in [9.17, 15) is 4.79 Å². The first-order valence-electron chi connectivity index (χ1n) is 7.02. The molecular weight excluding hydrogens is 242 g/mol. The number of rotatable bonds is 4. The van der Waals surface area contributed by atoms with Crippen molar-refractivity contribution in [2.45, 2.75) is 58.7 Å². The van der Waals surface area contributed by atoms with Gasteiger partial charge in [0, 0.05) is 13.0 Å². The predicted octanol–water partition coefficient (Wildman–Crippen LogP) is 0.775. The Morgan fingerprint density at radius 1 is 1.58 bits per heavy atom. The summed E-state index contributed by atoms with van der Waals surface area (Å²) in [5.74, 6) is 1.74. The van der Waals surface area contributed by atoms with E-state index >= 15 is 0 Å². The highest BCUT2D eigenvalue weighted by molar-refractivity contribution is 5.82. The molecule has 3 N–H and O–H groups in total. The molecule has 0 saturated carbocycles. The van der Waals surface area contributed by atoms with Gasteiger partial charge in [-0.05, 0) is 18.8 Å². The maximum Gasteiger partial charge on any atom is 0.237 e. The third kappa shape index (κ3) is 2.94. The maximum atomic E-state index is 12.0. The number of aryl methyl sites for hydroxylation is 2. The van der Waals surface area contributed by atoms with Gasteiger partial charge in [-0.15, -0.1) is 0 Å². The summed E-state index contributed by atoms with van der Waals surface area (Å²) in [5, 5.41) is 7.44. The van der Waals surface area contributed by atoms with Crippen LogP contribution in [0.3, 0.4) is 0 Å². The lowest BCUT2D eigenvalue weighted by Crippen LogP contribution is -2.46. The van der Waals surface area contributed by atoms with E-state index < -0.39 is 6.04 Å². The fraction of sp³-hybridized carbons (Fsp3) is 0.769. The van der Waals surface area contributed by atoms with Crippen LogP contribution in [-0.4, -0.2) is 26.7 Å². The molecule has 106 valence electrons. The molecule has 1 unspecified atom stereocenters. The molecule has 2 atom stereocenters. The second-order valence-corrected chi connectivity index (χ2v) is 5.44. The number of carbonyl (C=O) groups is 1. The van der Waals surface area contributed by atoms with Crippen LogP contribution in [0.4, 0.5) is 0 Å². The van der Waals surface area contributed by atoms with Gasteiger partial charge in [0.05, 0.1) is 12.1 Å². The number of fused-ring (bicyclic) bond motifs is 1. The van der Waals surface area contributed by atoms with Crippen LogP contribution in [0, 0.1) is 5.92 Å². The summed E-state index contributed by atoms with van der Waals surface area (Å²) < 4.78 is 1.91. The summed E-state index contributed by atoms with van der Waals surface area (Å²) in [5.41, 5.74) is 5.87. The lowest BCUT2D eigenvalue weighted by molar-refractivity contribution is -0.124. The molecule has 6 nitrogen and oxygen atoms in total. The van der Waals surface area contributed by atoms with Gasteiger partial charge < -0.3 is 11.1 Å². The Morgan fingerprint density at radius 3 is 2.95 bits per heavy atom. The first-order valence-corrected chi connectivity index (χ1v) is 7.02. The zero-order valence-electron chi connectivity index (χ0n) is 11.9. The standard InChI is InChI=1S/C13H23N5O/c1-4-10-16-12-9(6-5-7-18(12)17-10)15-13(19)11(14)8(2)3/h8-9,11H,4-7,14H2,1-3H3,(H,15,19)/t9?,11-/m0/s1. The van der Waals surface area contributed by atoms with E-state index in [2.05, 4.69) is 15.4 Å². The summed E-state index contributed by atoms with van der Waals surface area (Å²) in [6.45, 7) is 6.81. The van der Waals surface area contributed by atoms with Crippen molar-refractivity contribution in [1.29, 1.82) is 0 Å². The minimum absolute atomic E-state index is 0.0566. The Hall–Kier alpha value is -1.43. The van der Waals surface area contributed by atoms with Gasteiger partial charge in [-0.25, -0.2) is 9.67 Å². The first kappa shape index (κ1) is 14.0. The number of nitrogens with zero attached hydrogens (tertiary/aromatic N) is 3. The molecule has 2 heterocycles. The van der Waals surface area contributed by atoms with Crippen LogP contribution in [0.15, 0.2) is 0 Å². The monoisotopic (exact) mass is 265 g/mol. The smallest absolute Gasteiger partial charge is 0.237 e. The molecule has 0 aliphatic carbocycles. The third-order valence-electron chi connectivity index (χ3n) is 3.57. The molecule has 1 aromatic rings. The molecule has 6 heteroatoms. The van der Waals surface area contributed by atoms with Crippen molar-refractivity contribution in [3.8, 4) is 0 Å². The predicted molar refractivity (Wildman–Crippen MR) is 72.3 cm³/mol. The number of hydrogen-bond donors (Lipinski definition) is 2. The lowest BCUT2D eigenvalue weighted by Gasteiger charge is -2.25. The summed E-state index contributed by atoms with van der Waals surface area (Å²) in [4.78, 5) is 16.5. The van der Waals surface area contributed by atoms with Crippen LogP contribution in [0.5, 0.6) is 0 Å². The Labute approximate surface area is 113 Å². The number of carbonyl (C=O) groups excluding carboxylic acids is 1. The average molecular weight is 265 g/mol. The minimum atomic E-state index is -0.469. The normalized spacial score (nSPS) is 20.2. The highest BCUT2D eigenvalue weighted by Gasteiger charge is 2.27. The topological polar surface area (TPSA) is 85.8 Å². The Morgan fingerprint density at radius 2 is 2.32 bits per heavy atom. The van der Waals surface area contributed by atoms with Crippen molar-refractivity contribution in [1.82, 2.24) is 20.1 Å². The third-order valence-corrected chi connectivity index (χ3v) is 3.57. The van der Waals surface area contributed by atoms with Gasteiger partial charge >= 0.3 is 0 Å². The van der Waals surface area contributed by atoms with Gasteiger partial charge in [0.1, 0.15) is 5.82 Å². The zero-order valence-corrected chi connectivity index (χ0v) is 11.9. The van der Waals surface area contributed by atoms with E-state index in [1.165, 1.54) is 0 Å². The molecule has 0 fully saturated rings. The van der Waals surface area contributed by atoms with E-state index in [-0.39, 0.29) is 17.9 Å². The fourth-order valence-corrected chi connectivity index (χ4v) is 2.26. The van der Waals surface area contributed by atoms with Gasteiger partial charge in [-0.3, -0.25) is 4.79 Å². The summed E-state index contributed by atoms with van der Waals surface area (Å²) >= 11 is 0. The van der Waals surface area contributed by atoms with Crippen molar-refractivity contribution < 1.29 is 4.79 Å². The van der Waals surface area contributed by atoms with Gasteiger partial charge in [0.2, 0.25) is 5.91 Å². The van der Waals surface area contributed by atoms with Crippen molar-refractivity contribution in [2.24, 2.45) is 11.7 Å². The largest absolute Gasteiger partial charge is 0.345 e. The Balaban J connectivity index is 2.11. The highest BCUT2D eigenvalue weighted by atomic mass is 16.2. The summed E-state index contributed by atoms with van der Waals surface area (Å²) in [6.07, 6.45) is 2.71. The fourth-order valence-electron chi connectivity index (χ4n) is 2.26. The van der Waals surface area contributed by atoms with Crippen molar-refractivity contribution in [3.05, 3.63) is 11.6 Å². The number of nitrogens with one attached hydrogen (secondary N) is 1. The van der Waals surface area contributed by atoms with Gasteiger partial charge in [-0.2, -0.15) is 5.10 Å². The van der Waals surface area contributed by atoms with Gasteiger partial charge in [-0.1, -0.05) is 20.8 Å². The molecular formula is C13H23N5O. The van der Waals surface area contributed by atoms with E-state index in [0.29, 0.717) is 0 Å². The molecule has 1 aliphatic heterocycles.